The van der Waals surface area contributed by atoms with Crippen LogP contribution in [0.15, 0.2) is 17.3 Å². The van der Waals surface area contributed by atoms with Crippen LogP contribution in [-0.4, -0.2) is 54.4 Å². The number of rotatable bonds is 6. The van der Waals surface area contributed by atoms with Gasteiger partial charge in [0.15, 0.2) is 5.96 Å². The lowest BCUT2D eigenvalue weighted by molar-refractivity contribution is 0.357. The van der Waals surface area contributed by atoms with Crippen LogP contribution in [0.3, 0.4) is 0 Å². The molecule has 0 saturated carbocycles. The van der Waals surface area contributed by atoms with E-state index in [1.165, 1.54) is 0 Å². The van der Waals surface area contributed by atoms with Crippen molar-refractivity contribution in [2.24, 2.45) is 12.0 Å². The fourth-order valence-electron chi connectivity index (χ4n) is 1.49. The first-order valence-electron chi connectivity index (χ1n) is 6.27. The second-order valence-electron chi connectivity index (χ2n) is 4.19. The molecule has 7 heteroatoms. The summed E-state index contributed by atoms with van der Waals surface area (Å²) >= 11 is 0. The van der Waals surface area contributed by atoms with Crippen molar-refractivity contribution >= 4 is 29.9 Å². The third kappa shape index (κ3) is 6.76. The van der Waals surface area contributed by atoms with E-state index < -0.39 is 0 Å². The van der Waals surface area contributed by atoms with Gasteiger partial charge in [-0.3, -0.25) is 9.67 Å². The molecule has 1 aromatic heterocycles. The van der Waals surface area contributed by atoms with Gasteiger partial charge in [0.05, 0.1) is 12.2 Å². The van der Waals surface area contributed by atoms with E-state index in [1.54, 1.807) is 13.2 Å². The highest BCUT2D eigenvalue weighted by Crippen LogP contribution is 1.94. The standard InChI is InChI=1S/C12H24N6.HI/c1-5-17(3)9-8-14-12(13-2)15-10-11-6-7-16-18(11)4;/h6-7H,5,8-10H2,1-4H3,(H2,13,14,15);1H. The van der Waals surface area contributed by atoms with Gasteiger partial charge in [-0.15, -0.1) is 24.0 Å². The number of halogens is 1. The van der Waals surface area contributed by atoms with Crippen LogP contribution in [0, 0.1) is 0 Å². The Balaban J connectivity index is 0.00000324. The van der Waals surface area contributed by atoms with Gasteiger partial charge in [0.1, 0.15) is 0 Å². The molecule has 0 saturated heterocycles. The average Bonchev–Trinajstić information content (AvgIpc) is 2.78. The van der Waals surface area contributed by atoms with Crippen molar-refractivity contribution in [3.05, 3.63) is 18.0 Å². The summed E-state index contributed by atoms with van der Waals surface area (Å²) in [5.74, 6) is 0.820. The van der Waals surface area contributed by atoms with Crippen LogP contribution in [0.1, 0.15) is 12.6 Å². The van der Waals surface area contributed by atoms with Gasteiger partial charge in [-0.2, -0.15) is 5.10 Å². The molecule has 0 radical (unpaired) electrons. The van der Waals surface area contributed by atoms with Crippen molar-refractivity contribution in [3.8, 4) is 0 Å². The molecule has 0 aliphatic carbocycles. The summed E-state index contributed by atoms with van der Waals surface area (Å²) in [6.45, 7) is 5.82. The Bertz CT molecular complexity index is 376. The predicted octanol–water partition coefficient (Wildman–Crippen LogP) is 0.655. The Hall–Kier alpha value is -0.830. The molecule has 19 heavy (non-hydrogen) atoms. The Morgan fingerprint density at radius 3 is 2.74 bits per heavy atom. The number of nitrogens with one attached hydrogen (secondary N) is 2. The smallest absolute Gasteiger partial charge is 0.191 e. The van der Waals surface area contributed by atoms with Crippen molar-refractivity contribution in [1.29, 1.82) is 0 Å². The Morgan fingerprint density at radius 1 is 1.47 bits per heavy atom. The average molecular weight is 380 g/mol. The van der Waals surface area contributed by atoms with Crippen LogP contribution < -0.4 is 10.6 Å². The fourth-order valence-corrected chi connectivity index (χ4v) is 1.49. The topological polar surface area (TPSA) is 57.5 Å². The number of nitrogens with zero attached hydrogens (tertiary/aromatic N) is 4. The maximum atomic E-state index is 4.19. The first kappa shape index (κ1) is 18.2. The molecule has 0 aliphatic rings. The summed E-state index contributed by atoms with van der Waals surface area (Å²) in [4.78, 5) is 6.44. The van der Waals surface area contributed by atoms with Gasteiger partial charge in [0.25, 0.3) is 0 Å². The molecule has 0 unspecified atom stereocenters. The van der Waals surface area contributed by atoms with E-state index in [-0.39, 0.29) is 24.0 Å². The summed E-state index contributed by atoms with van der Waals surface area (Å²) in [6, 6.07) is 1.99. The summed E-state index contributed by atoms with van der Waals surface area (Å²) < 4.78 is 1.85. The van der Waals surface area contributed by atoms with Crippen molar-refractivity contribution in [3.63, 3.8) is 0 Å². The monoisotopic (exact) mass is 380 g/mol. The summed E-state index contributed by atoms with van der Waals surface area (Å²) in [5, 5.41) is 10.7. The number of hydrogen-bond acceptors (Lipinski definition) is 3. The molecule has 0 fully saturated rings. The highest BCUT2D eigenvalue weighted by atomic mass is 127. The number of aryl methyl sites for hydroxylation is 1. The van der Waals surface area contributed by atoms with Gasteiger partial charge in [-0.25, -0.2) is 0 Å². The summed E-state index contributed by atoms with van der Waals surface area (Å²) in [5.41, 5.74) is 1.13. The van der Waals surface area contributed by atoms with E-state index in [4.69, 9.17) is 0 Å². The highest BCUT2D eigenvalue weighted by Gasteiger charge is 2.01. The number of likely N-dealkylation sites (N-methyl/N-ethyl adjacent to an activating group) is 1. The molecule has 0 atom stereocenters. The van der Waals surface area contributed by atoms with Crippen molar-refractivity contribution < 1.29 is 0 Å². The number of guanidine groups is 1. The Labute approximate surface area is 132 Å². The van der Waals surface area contributed by atoms with Crippen molar-refractivity contribution in [2.45, 2.75) is 13.5 Å². The van der Waals surface area contributed by atoms with E-state index in [0.717, 1.165) is 37.8 Å². The van der Waals surface area contributed by atoms with Gasteiger partial charge in [-0.05, 0) is 19.7 Å². The SMILES string of the molecule is CCN(C)CCNC(=NC)NCc1ccnn1C.I. The third-order valence-corrected chi connectivity index (χ3v) is 2.91. The van der Waals surface area contributed by atoms with Gasteiger partial charge >= 0.3 is 0 Å². The molecule has 6 nitrogen and oxygen atoms in total. The minimum absolute atomic E-state index is 0. The maximum absolute atomic E-state index is 4.19. The lowest BCUT2D eigenvalue weighted by Gasteiger charge is -2.16. The van der Waals surface area contributed by atoms with Crippen molar-refractivity contribution in [1.82, 2.24) is 25.3 Å². The van der Waals surface area contributed by atoms with Gasteiger partial charge in [0, 0.05) is 33.4 Å². The molecular weight excluding hydrogens is 355 g/mol. The second-order valence-corrected chi connectivity index (χ2v) is 4.19. The molecule has 0 spiro atoms. The Kier molecular flexibility index (Phi) is 9.58. The molecular formula is C12H25IN6. The van der Waals surface area contributed by atoms with Crippen LogP contribution >= 0.6 is 24.0 Å². The summed E-state index contributed by atoms with van der Waals surface area (Å²) in [7, 11) is 5.82. The molecule has 110 valence electrons. The van der Waals surface area contributed by atoms with E-state index in [1.807, 2.05) is 17.8 Å². The lowest BCUT2D eigenvalue weighted by atomic mass is 10.4. The maximum Gasteiger partial charge on any atom is 0.191 e. The van der Waals surface area contributed by atoms with E-state index in [2.05, 4.69) is 39.6 Å². The predicted molar refractivity (Wildman–Crippen MR) is 90.0 cm³/mol. The lowest BCUT2D eigenvalue weighted by Crippen LogP contribution is -2.40. The number of aliphatic imine (C=N–C) groups is 1. The number of aromatic nitrogens is 2. The first-order valence-corrected chi connectivity index (χ1v) is 6.27. The molecule has 1 rings (SSSR count). The molecule has 0 amide bonds. The van der Waals surface area contributed by atoms with Crippen LogP contribution in [0.5, 0.6) is 0 Å². The van der Waals surface area contributed by atoms with E-state index >= 15 is 0 Å². The normalized spacial score (nSPS) is 11.3. The highest BCUT2D eigenvalue weighted by molar-refractivity contribution is 14.0. The molecule has 0 aromatic carbocycles. The minimum Gasteiger partial charge on any atom is -0.355 e. The molecule has 1 aromatic rings. The zero-order valence-corrected chi connectivity index (χ0v) is 14.5. The zero-order chi connectivity index (χ0) is 13.4. The van der Waals surface area contributed by atoms with Gasteiger partial charge in [0.2, 0.25) is 0 Å². The van der Waals surface area contributed by atoms with Crippen LogP contribution in [0.25, 0.3) is 0 Å². The largest absolute Gasteiger partial charge is 0.355 e. The summed E-state index contributed by atoms with van der Waals surface area (Å²) in [6.07, 6.45) is 1.80. The van der Waals surface area contributed by atoms with E-state index in [9.17, 15) is 0 Å². The third-order valence-electron chi connectivity index (χ3n) is 2.91. The quantitative estimate of drug-likeness (QED) is 0.433. The molecule has 0 aliphatic heterocycles. The number of hydrogen-bond donors (Lipinski definition) is 2. The zero-order valence-electron chi connectivity index (χ0n) is 12.2. The minimum atomic E-state index is 0. The van der Waals surface area contributed by atoms with Crippen LogP contribution in [0.2, 0.25) is 0 Å². The van der Waals surface area contributed by atoms with Crippen LogP contribution in [-0.2, 0) is 13.6 Å². The molecule has 2 N–H and O–H groups in total. The van der Waals surface area contributed by atoms with Crippen LogP contribution in [0.4, 0.5) is 0 Å². The van der Waals surface area contributed by atoms with E-state index in [0.29, 0.717) is 0 Å². The fraction of sp³-hybridized carbons (Fsp3) is 0.667. The van der Waals surface area contributed by atoms with Crippen molar-refractivity contribution in [2.75, 3.05) is 33.7 Å². The van der Waals surface area contributed by atoms with Gasteiger partial charge < -0.3 is 15.5 Å². The molecule has 1 heterocycles. The Morgan fingerprint density at radius 2 is 2.21 bits per heavy atom. The van der Waals surface area contributed by atoms with Gasteiger partial charge in [-0.1, -0.05) is 6.92 Å². The second kappa shape index (κ2) is 10.0. The molecule has 0 bridgehead atoms. The first-order chi connectivity index (χ1) is 8.67.